The fourth-order valence-electron chi connectivity index (χ4n) is 1.77. The SMILES string of the molecule is N#CC(CSc1ccccc1N)c1ccc(Cl)cc1Cl. The van der Waals surface area contributed by atoms with Crippen LogP contribution in [-0.2, 0) is 0 Å². The molecule has 0 aliphatic carbocycles. The number of benzene rings is 2. The first-order valence-corrected chi connectivity index (χ1v) is 7.68. The Hall–Kier alpha value is -1.34. The van der Waals surface area contributed by atoms with Gasteiger partial charge in [-0.05, 0) is 29.8 Å². The van der Waals surface area contributed by atoms with Crippen molar-refractivity contribution in [3.05, 3.63) is 58.1 Å². The highest BCUT2D eigenvalue weighted by Gasteiger charge is 2.15. The van der Waals surface area contributed by atoms with E-state index in [1.165, 1.54) is 0 Å². The Bertz CT molecular complexity index is 653. The van der Waals surface area contributed by atoms with E-state index in [9.17, 15) is 5.26 Å². The number of halogens is 2. The van der Waals surface area contributed by atoms with Gasteiger partial charge in [-0.25, -0.2) is 0 Å². The van der Waals surface area contributed by atoms with Gasteiger partial charge in [0, 0.05) is 26.4 Å². The van der Waals surface area contributed by atoms with Crippen LogP contribution in [0.5, 0.6) is 0 Å². The van der Waals surface area contributed by atoms with E-state index in [0.29, 0.717) is 15.8 Å². The predicted octanol–water partition coefficient (Wildman–Crippen LogP) is 4.98. The van der Waals surface area contributed by atoms with Crippen LogP contribution in [0.4, 0.5) is 5.69 Å². The molecule has 0 bridgehead atoms. The number of para-hydroxylation sites is 1. The topological polar surface area (TPSA) is 49.8 Å². The van der Waals surface area contributed by atoms with Gasteiger partial charge in [0.1, 0.15) is 0 Å². The van der Waals surface area contributed by atoms with E-state index < -0.39 is 0 Å². The second-order valence-corrected chi connectivity index (χ2v) is 6.10. The van der Waals surface area contributed by atoms with Crippen molar-refractivity contribution < 1.29 is 0 Å². The zero-order valence-electron chi connectivity index (χ0n) is 10.5. The lowest BCUT2D eigenvalue weighted by atomic mass is 10.0. The van der Waals surface area contributed by atoms with Crippen molar-refractivity contribution in [2.75, 3.05) is 11.5 Å². The summed E-state index contributed by atoms with van der Waals surface area (Å²) >= 11 is 13.6. The highest BCUT2D eigenvalue weighted by atomic mass is 35.5. The van der Waals surface area contributed by atoms with E-state index in [4.69, 9.17) is 28.9 Å². The fraction of sp³-hybridized carbons (Fsp3) is 0.133. The smallest absolute Gasteiger partial charge is 0.0820 e. The third-order valence-electron chi connectivity index (χ3n) is 2.82. The number of nitriles is 1. The number of hydrogen-bond acceptors (Lipinski definition) is 3. The van der Waals surface area contributed by atoms with Crippen molar-refractivity contribution in [3.63, 3.8) is 0 Å². The minimum atomic E-state index is -0.302. The first kappa shape index (κ1) is 15.1. The summed E-state index contributed by atoms with van der Waals surface area (Å²) in [6.07, 6.45) is 0. The van der Waals surface area contributed by atoms with E-state index in [1.807, 2.05) is 24.3 Å². The lowest BCUT2D eigenvalue weighted by molar-refractivity contribution is 0.997. The minimum absolute atomic E-state index is 0.302. The molecule has 0 heterocycles. The van der Waals surface area contributed by atoms with Gasteiger partial charge in [0.15, 0.2) is 0 Å². The number of anilines is 1. The van der Waals surface area contributed by atoms with E-state index in [0.717, 1.165) is 16.1 Å². The Morgan fingerprint density at radius 2 is 1.95 bits per heavy atom. The summed E-state index contributed by atoms with van der Waals surface area (Å²) < 4.78 is 0. The molecule has 1 atom stereocenters. The number of nitrogens with zero attached hydrogens (tertiary/aromatic N) is 1. The van der Waals surface area contributed by atoms with Crippen LogP contribution < -0.4 is 5.73 Å². The summed E-state index contributed by atoms with van der Waals surface area (Å²) in [5.74, 6) is 0.288. The number of nitrogen functional groups attached to an aromatic ring is 1. The van der Waals surface area contributed by atoms with Crippen LogP contribution in [0.25, 0.3) is 0 Å². The second kappa shape index (κ2) is 6.90. The molecule has 2 nitrogen and oxygen atoms in total. The molecule has 2 N–H and O–H groups in total. The zero-order chi connectivity index (χ0) is 14.5. The summed E-state index contributed by atoms with van der Waals surface area (Å²) in [5, 5.41) is 10.4. The highest BCUT2D eigenvalue weighted by Crippen LogP contribution is 2.33. The first-order valence-electron chi connectivity index (χ1n) is 5.93. The van der Waals surface area contributed by atoms with Crippen molar-refractivity contribution in [1.82, 2.24) is 0 Å². The van der Waals surface area contributed by atoms with E-state index >= 15 is 0 Å². The van der Waals surface area contributed by atoms with Crippen molar-refractivity contribution >= 4 is 40.7 Å². The normalized spacial score (nSPS) is 11.8. The Labute approximate surface area is 132 Å². The number of nitrogens with two attached hydrogens (primary N) is 1. The van der Waals surface area contributed by atoms with E-state index in [-0.39, 0.29) is 5.92 Å². The van der Waals surface area contributed by atoms with Crippen LogP contribution in [-0.4, -0.2) is 5.75 Å². The average Bonchev–Trinajstić information content (AvgIpc) is 2.43. The van der Waals surface area contributed by atoms with Gasteiger partial charge >= 0.3 is 0 Å². The molecule has 0 aromatic heterocycles. The van der Waals surface area contributed by atoms with Crippen molar-refractivity contribution in [2.24, 2.45) is 0 Å². The fourth-order valence-corrected chi connectivity index (χ4v) is 3.32. The molecule has 102 valence electrons. The molecule has 5 heteroatoms. The molecule has 0 fully saturated rings. The summed E-state index contributed by atoms with van der Waals surface area (Å²) in [5.41, 5.74) is 7.40. The Balaban J connectivity index is 2.14. The maximum absolute atomic E-state index is 9.33. The van der Waals surface area contributed by atoms with Gasteiger partial charge in [0.2, 0.25) is 0 Å². The largest absolute Gasteiger partial charge is 0.398 e. The standard InChI is InChI=1S/C15H12Cl2N2S/c16-11-5-6-12(13(17)7-11)10(8-18)9-20-15-4-2-1-3-14(15)19/h1-7,10H,9,19H2. The highest BCUT2D eigenvalue weighted by molar-refractivity contribution is 7.99. The summed E-state index contributed by atoms with van der Waals surface area (Å²) in [6, 6.07) is 15.1. The molecule has 2 rings (SSSR count). The summed E-state index contributed by atoms with van der Waals surface area (Å²) in [7, 11) is 0. The molecule has 0 radical (unpaired) electrons. The van der Waals surface area contributed by atoms with Crippen molar-refractivity contribution in [1.29, 1.82) is 5.26 Å². The third kappa shape index (κ3) is 3.61. The molecule has 0 spiro atoms. The summed E-state index contributed by atoms with van der Waals surface area (Å²) in [6.45, 7) is 0. The van der Waals surface area contributed by atoms with Crippen molar-refractivity contribution in [2.45, 2.75) is 10.8 Å². The van der Waals surface area contributed by atoms with Gasteiger partial charge in [0.05, 0.1) is 12.0 Å². The second-order valence-electron chi connectivity index (χ2n) is 4.20. The first-order chi connectivity index (χ1) is 9.61. The Morgan fingerprint density at radius 1 is 1.20 bits per heavy atom. The molecule has 0 aliphatic rings. The molecule has 1 unspecified atom stereocenters. The predicted molar refractivity (Wildman–Crippen MR) is 86.4 cm³/mol. The molecule has 2 aromatic carbocycles. The van der Waals surface area contributed by atoms with Crippen molar-refractivity contribution in [3.8, 4) is 6.07 Å². The molecule has 0 aliphatic heterocycles. The lowest BCUT2D eigenvalue weighted by Gasteiger charge is -2.12. The number of hydrogen-bond donors (Lipinski definition) is 1. The molecule has 2 aromatic rings. The van der Waals surface area contributed by atoms with Gasteiger partial charge < -0.3 is 5.73 Å². The third-order valence-corrected chi connectivity index (χ3v) is 4.56. The van der Waals surface area contributed by atoms with Crippen LogP contribution in [0, 0.1) is 11.3 Å². The maximum atomic E-state index is 9.33. The number of rotatable bonds is 4. The van der Waals surface area contributed by atoms with Crippen LogP contribution in [0.2, 0.25) is 10.0 Å². The van der Waals surface area contributed by atoms with E-state index in [1.54, 1.807) is 30.0 Å². The van der Waals surface area contributed by atoms with Gasteiger partial charge in [-0.3, -0.25) is 0 Å². The Kier molecular flexibility index (Phi) is 5.19. The maximum Gasteiger partial charge on any atom is 0.0820 e. The monoisotopic (exact) mass is 322 g/mol. The lowest BCUT2D eigenvalue weighted by Crippen LogP contribution is -2.00. The molecular weight excluding hydrogens is 311 g/mol. The zero-order valence-corrected chi connectivity index (χ0v) is 12.8. The molecular formula is C15H12Cl2N2S. The quantitative estimate of drug-likeness (QED) is 0.638. The minimum Gasteiger partial charge on any atom is -0.398 e. The molecule has 0 saturated carbocycles. The Morgan fingerprint density at radius 3 is 2.60 bits per heavy atom. The number of thioether (sulfide) groups is 1. The summed E-state index contributed by atoms with van der Waals surface area (Å²) in [4.78, 5) is 0.970. The average molecular weight is 323 g/mol. The van der Waals surface area contributed by atoms with Gasteiger partial charge in [-0.2, -0.15) is 5.26 Å². The van der Waals surface area contributed by atoms with Gasteiger partial charge in [0.25, 0.3) is 0 Å². The molecule has 0 amide bonds. The van der Waals surface area contributed by atoms with Crippen LogP contribution in [0.3, 0.4) is 0 Å². The van der Waals surface area contributed by atoms with Crippen LogP contribution in [0.15, 0.2) is 47.4 Å². The van der Waals surface area contributed by atoms with Crippen LogP contribution in [0.1, 0.15) is 11.5 Å². The molecule has 0 saturated heterocycles. The molecule has 20 heavy (non-hydrogen) atoms. The van der Waals surface area contributed by atoms with Crippen LogP contribution >= 0.6 is 35.0 Å². The van der Waals surface area contributed by atoms with Gasteiger partial charge in [-0.15, -0.1) is 11.8 Å². The van der Waals surface area contributed by atoms with Gasteiger partial charge in [-0.1, -0.05) is 41.4 Å². The van der Waals surface area contributed by atoms with E-state index in [2.05, 4.69) is 6.07 Å².